The highest BCUT2D eigenvalue weighted by molar-refractivity contribution is 7.90. The van der Waals surface area contributed by atoms with Crippen molar-refractivity contribution in [1.29, 1.82) is 5.26 Å². The summed E-state index contributed by atoms with van der Waals surface area (Å²) in [4.78, 5) is 11.1. The quantitative estimate of drug-likeness (QED) is 0.736. The van der Waals surface area contributed by atoms with Gasteiger partial charge in [-0.3, -0.25) is 4.79 Å². The molecule has 0 radical (unpaired) electrons. The van der Waals surface area contributed by atoms with Crippen molar-refractivity contribution in [2.45, 2.75) is 19.1 Å². The SMILES string of the molecule is CCOC(=O)CCS(=O)(=O)Cc1cccc(C#N)c1. The monoisotopic (exact) mass is 281 g/mol. The molecule has 0 atom stereocenters. The Morgan fingerprint density at radius 3 is 2.79 bits per heavy atom. The van der Waals surface area contributed by atoms with E-state index < -0.39 is 15.8 Å². The molecule has 1 aromatic carbocycles. The Balaban J connectivity index is 2.64. The van der Waals surface area contributed by atoms with Crippen LogP contribution in [0.1, 0.15) is 24.5 Å². The molecule has 0 unspecified atom stereocenters. The van der Waals surface area contributed by atoms with Crippen molar-refractivity contribution in [3.63, 3.8) is 0 Å². The fourth-order valence-corrected chi connectivity index (χ4v) is 2.84. The topological polar surface area (TPSA) is 84.2 Å². The van der Waals surface area contributed by atoms with Crippen LogP contribution in [0.3, 0.4) is 0 Å². The maximum Gasteiger partial charge on any atom is 0.306 e. The Morgan fingerprint density at radius 1 is 1.42 bits per heavy atom. The second-order valence-corrected chi connectivity index (χ2v) is 6.14. The summed E-state index contributed by atoms with van der Waals surface area (Å²) in [5.41, 5.74) is 0.959. The minimum Gasteiger partial charge on any atom is -0.466 e. The second kappa shape index (κ2) is 6.90. The Hall–Kier alpha value is -1.87. The lowest BCUT2D eigenvalue weighted by Crippen LogP contribution is -2.15. The van der Waals surface area contributed by atoms with E-state index in [0.29, 0.717) is 11.1 Å². The summed E-state index contributed by atoms with van der Waals surface area (Å²) < 4.78 is 28.3. The van der Waals surface area contributed by atoms with Crippen LogP contribution in [0, 0.1) is 11.3 Å². The molecule has 0 bridgehead atoms. The summed E-state index contributed by atoms with van der Waals surface area (Å²) in [5.74, 6) is -0.943. The molecule has 5 nitrogen and oxygen atoms in total. The van der Waals surface area contributed by atoms with Gasteiger partial charge in [-0.15, -0.1) is 0 Å². The molecule has 0 aromatic heterocycles. The number of benzene rings is 1. The number of esters is 1. The standard InChI is InChI=1S/C13H15NO4S/c1-2-18-13(15)6-7-19(16,17)10-12-5-3-4-11(8-12)9-14/h3-5,8H,2,6-7,10H2,1H3. The molecule has 0 aliphatic heterocycles. The number of nitrogens with zero attached hydrogens (tertiary/aromatic N) is 1. The second-order valence-electron chi connectivity index (χ2n) is 3.96. The third-order valence-corrected chi connectivity index (χ3v) is 3.96. The van der Waals surface area contributed by atoms with Gasteiger partial charge in [0.1, 0.15) is 0 Å². The zero-order valence-electron chi connectivity index (χ0n) is 10.6. The summed E-state index contributed by atoms with van der Waals surface area (Å²) in [6, 6.07) is 8.36. The predicted molar refractivity (Wildman–Crippen MR) is 69.9 cm³/mol. The van der Waals surface area contributed by atoms with E-state index in [9.17, 15) is 13.2 Å². The molecule has 0 saturated carbocycles. The van der Waals surface area contributed by atoms with Crippen LogP contribution < -0.4 is 0 Å². The molecule has 0 heterocycles. The first-order valence-corrected chi connectivity index (χ1v) is 7.64. The van der Waals surface area contributed by atoms with E-state index >= 15 is 0 Å². The summed E-state index contributed by atoms with van der Waals surface area (Å²) in [5, 5.41) is 8.73. The Kier molecular flexibility index (Phi) is 5.52. The molecule has 19 heavy (non-hydrogen) atoms. The number of hydrogen-bond donors (Lipinski definition) is 0. The molecular formula is C13H15NO4S. The third kappa shape index (κ3) is 5.53. The number of sulfone groups is 1. The number of carbonyl (C=O) groups excluding carboxylic acids is 1. The van der Waals surface area contributed by atoms with Gasteiger partial charge in [0.2, 0.25) is 0 Å². The Bertz CT molecular complexity index is 587. The summed E-state index contributed by atoms with van der Waals surface area (Å²) in [6.07, 6.45) is -0.145. The fraction of sp³-hybridized carbons (Fsp3) is 0.385. The van der Waals surface area contributed by atoms with Crippen molar-refractivity contribution in [1.82, 2.24) is 0 Å². The van der Waals surface area contributed by atoms with Gasteiger partial charge in [0, 0.05) is 0 Å². The van der Waals surface area contributed by atoms with Gasteiger partial charge in [-0.2, -0.15) is 5.26 Å². The number of carbonyl (C=O) groups is 1. The minimum atomic E-state index is -3.38. The van der Waals surface area contributed by atoms with E-state index in [1.165, 1.54) is 6.07 Å². The van der Waals surface area contributed by atoms with Crippen LogP contribution in [-0.4, -0.2) is 26.7 Å². The van der Waals surface area contributed by atoms with Gasteiger partial charge in [-0.1, -0.05) is 12.1 Å². The lowest BCUT2D eigenvalue weighted by molar-refractivity contribution is -0.142. The first kappa shape index (κ1) is 15.2. The molecule has 0 N–H and O–H groups in total. The molecular weight excluding hydrogens is 266 g/mol. The summed E-state index contributed by atoms with van der Waals surface area (Å²) in [6.45, 7) is 1.91. The number of hydrogen-bond acceptors (Lipinski definition) is 5. The van der Waals surface area contributed by atoms with Crippen LogP contribution in [0.5, 0.6) is 0 Å². The molecule has 6 heteroatoms. The molecule has 0 aliphatic carbocycles. The predicted octanol–water partition coefficient (Wildman–Crippen LogP) is 1.43. The van der Waals surface area contributed by atoms with Crippen molar-refractivity contribution in [2.75, 3.05) is 12.4 Å². The van der Waals surface area contributed by atoms with E-state index in [1.54, 1.807) is 25.1 Å². The van der Waals surface area contributed by atoms with Crippen LogP contribution in [0.2, 0.25) is 0 Å². The normalized spacial score (nSPS) is 10.7. The molecule has 1 rings (SSSR count). The Labute approximate surface area is 112 Å². The largest absolute Gasteiger partial charge is 0.466 e. The molecule has 0 spiro atoms. The van der Waals surface area contributed by atoms with E-state index in [0.717, 1.165) is 0 Å². The first-order valence-electron chi connectivity index (χ1n) is 5.82. The van der Waals surface area contributed by atoms with E-state index in [-0.39, 0.29) is 24.5 Å². The van der Waals surface area contributed by atoms with E-state index in [1.807, 2.05) is 6.07 Å². The van der Waals surface area contributed by atoms with Gasteiger partial charge >= 0.3 is 5.97 Å². The Morgan fingerprint density at radius 2 is 2.16 bits per heavy atom. The van der Waals surface area contributed by atoms with Crippen molar-refractivity contribution >= 4 is 15.8 Å². The van der Waals surface area contributed by atoms with Gasteiger partial charge < -0.3 is 4.74 Å². The zero-order valence-corrected chi connectivity index (χ0v) is 11.4. The van der Waals surface area contributed by atoms with Gasteiger partial charge in [-0.25, -0.2) is 8.42 Å². The lowest BCUT2D eigenvalue weighted by atomic mass is 10.2. The molecule has 0 aliphatic rings. The average molecular weight is 281 g/mol. The lowest BCUT2D eigenvalue weighted by Gasteiger charge is -2.05. The van der Waals surface area contributed by atoms with E-state index in [2.05, 4.69) is 4.74 Å². The molecule has 0 saturated heterocycles. The molecule has 1 aromatic rings. The van der Waals surface area contributed by atoms with Crippen LogP contribution in [0.15, 0.2) is 24.3 Å². The summed E-state index contributed by atoms with van der Waals surface area (Å²) >= 11 is 0. The number of ether oxygens (including phenoxy) is 1. The van der Waals surface area contributed by atoms with Gasteiger partial charge in [0.05, 0.1) is 36.2 Å². The van der Waals surface area contributed by atoms with Gasteiger partial charge in [0.25, 0.3) is 0 Å². The first-order chi connectivity index (χ1) is 8.96. The van der Waals surface area contributed by atoms with Crippen molar-refractivity contribution in [2.24, 2.45) is 0 Å². The summed E-state index contributed by atoms with van der Waals surface area (Å²) in [7, 11) is -3.38. The van der Waals surface area contributed by atoms with Crippen molar-refractivity contribution in [3.05, 3.63) is 35.4 Å². The third-order valence-electron chi connectivity index (χ3n) is 2.37. The molecule has 0 fully saturated rings. The van der Waals surface area contributed by atoms with Crippen LogP contribution in [0.4, 0.5) is 0 Å². The average Bonchev–Trinajstić information content (AvgIpc) is 2.37. The van der Waals surface area contributed by atoms with Crippen LogP contribution in [-0.2, 0) is 25.1 Å². The smallest absolute Gasteiger partial charge is 0.306 e. The van der Waals surface area contributed by atoms with Gasteiger partial charge in [-0.05, 0) is 24.6 Å². The maximum atomic E-state index is 11.8. The molecule has 0 amide bonds. The fourth-order valence-electron chi connectivity index (χ4n) is 1.53. The van der Waals surface area contributed by atoms with E-state index in [4.69, 9.17) is 5.26 Å². The van der Waals surface area contributed by atoms with Crippen molar-refractivity contribution < 1.29 is 17.9 Å². The minimum absolute atomic E-state index is 0.145. The number of nitriles is 1. The maximum absolute atomic E-state index is 11.8. The van der Waals surface area contributed by atoms with Crippen molar-refractivity contribution in [3.8, 4) is 6.07 Å². The zero-order chi connectivity index (χ0) is 14.3. The highest BCUT2D eigenvalue weighted by atomic mass is 32.2. The van der Waals surface area contributed by atoms with Crippen LogP contribution in [0.25, 0.3) is 0 Å². The van der Waals surface area contributed by atoms with Crippen LogP contribution >= 0.6 is 0 Å². The molecule has 102 valence electrons. The highest BCUT2D eigenvalue weighted by Crippen LogP contribution is 2.10. The number of rotatable bonds is 6. The highest BCUT2D eigenvalue weighted by Gasteiger charge is 2.15. The van der Waals surface area contributed by atoms with Gasteiger partial charge in [0.15, 0.2) is 9.84 Å².